The molecule has 1 saturated heterocycles. The number of hydrogen-bond donors (Lipinski definition) is 1. The Morgan fingerprint density at radius 2 is 1.71 bits per heavy atom. The number of amides is 1. The lowest BCUT2D eigenvalue weighted by atomic mass is 10.1. The molecule has 0 saturated carbocycles. The van der Waals surface area contributed by atoms with Crippen molar-refractivity contribution in [2.45, 2.75) is 6.67 Å². The highest BCUT2D eigenvalue weighted by atomic mass is 16.2. The maximum absolute atomic E-state index is 12.9. The second-order valence-electron chi connectivity index (χ2n) is 6.57. The molecule has 0 spiro atoms. The van der Waals surface area contributed by atoms with Gasteiger partial charge in [0.25, 0.3) is 11.5 Å². The minimum absolute atomic E-state index is 0.197. The molecule has 9 heteroatoms. The van der Waals surface area contributed by atoms with Gasteiger partial charge in [0.2, 0.25) is 5.95 Å². The molecule has 144 valence electrons. The van der Waals surface area contributed by atoms with Gasteiger partial charge in [-0.15, -0.1) is 0 Å². The van der Waals surface area contributed by atoms with Gasteiger partial charge in [0, 0.05) is 51.0 Å². The second-order valence-corrected chi connectivity index (χ2v) is 6.57. The van der Waals surface area contributed by atoms with E-state index >= 15 is 0 Å². The summed E-state index contributed by atoms with van der Waals surface area (Å²) in [5, 5.41) is 8.01. The lowest BCUT2D eigenvalue weighted by Gasteiger charge is -2.34. The van der Waals surface area contributed by atoms with Gasteiger partial charge in [-0.25, -0.2) is 14.6 Å². The average Bonchev–Trinajstić information content (AvgIpc) is 2.76. The number of anilines is 1. The van der Waals surface area contributed by atoms with Crippen molar-refractivity contribution in [1.29, 1.82) is 0 Å². The van der Waals surface area contributed by atoms with Crippen LogP contribution in [0.25, 0.3) is 10.8 Å². The smallest absolute Gasteiger partial charge is 0.275 e. The Balaban J connectivity index is 1.56. The molecule has 0 radical (unpaired) electrons. The Bertz CT molecular complexity index is 1040. The fraction of sp³-hybridized carbons (Fsp3) is 0.316. The van der Waals surface area contributed by atoms with Gasteiger partial charge in [0.15, 0.2) is 5.69 Å². The second kappa shape index (κ2) is 7.73. The molecular weight excluding hydrogens is 358 g/mol. The summed E-state index contributed by atoms with van der Waals surface area (Å²) in [6, 6.07) is 8.86. The SMILES string of the molecule is CNC(=O)c1nn(CN2CCN(c3ncccn3)CC2)c(=O)c2ccccc12. The lowest BCUT2D eigenvalue weighted by Crippen LogP contribution is -2.48. The van der Waals surface area contributed by atoms with Crippen molar-refractivity contribution in [3.63, 3.8) is 0 Å². The van der Waals surface area contributed by atoms with Crippen LogP contribution in [0.2, 0.25) is 0 Å². The first-order chi connectivity index (χ1) is 13.7. The molecule has 1 aliphatic rings. The minimum atomic E-state index is -0.309. The molecule has 1 fully saturated rings. The van der Waals surface area contributed by atoms with Crippen molar-refractivity contribution in [1.82, 2.24) is 30.0 Å². The molecule has 4 rings (SSSR count). The van der Waals surface area contributed by atoms with Gasteiger partial charge in [-0.1, -0.05) is 18.2 Å². The number of benzene rings is 1. The van der Waals surface area contributed by atoms with Gasteiger partial charge in [-0.2, -0.15) is 5.10 Å². The Morgan fingerprint density at radius 1 is 1.04 bits per heavy atom. The van der Waals surface area contributed by atoms with Gasteiger partial charge in [0.05, 0.1) is 12.1 Å². The van der Waals surface area contributed by atoms with E-state index in [-0.39, 0.29) is 17.2 Å². The van der Waals surface area contributed by atoms with Gasteiger partial charge in [-0.05, 0) is 12.1 Å². The molecule has 2 aromatic heterocycles. The zero-order valence-corrected chi connectivity index (χ0v) is 15.6. The monoisotopic (exact) mass is 379 g/mol. The number of hydrogen-bond acceptors (Lipinski definition) is 7. The number of carbonyl (C=O) groups excluding carboxylic acids is 1. The molecule has 1 aliphatic heterocycles. The van der Waals surface area contributed by atoms with Crippen molar-refractivity contribution in [3.8, 4) is 0 Å². The van der Waals surface area contributed by atoms with E-state index in [4.69, 9.17) is 0 Å². The number of aromatic nitrogens is 4. The summed E-state index contributed by atoms with van der Waals surface area (Å²) in [5.74, 6) is 0.404. The molecule has 1 amide bonds. The third-order valence-electron chi connectivity index (χ3n) is 4.85. The van der Waals surface area contributed by atoms with Crippen LogP contribution < -0.4 is 15.8 Å². The van der Waals surface area contributed by atoms with E-state index < -0.39 is 0 Å². The summed E-state index contributed by atoms with van der Waals surface area (Å²) in [6.07, 6.45) is 3.46. The van der Waals surface area contributed by atoms with E-state index in [1.54, 1.807) is 49.8 Å². The predicted molar refractivity (Wildman–Crippen MR) is 105 cm³/mol. The Labute approximate surface area is 161 Å². The van der Waals surface area contributed by atoms with Crippen LogP contribution in [0.5, 0.6) is 0 Å². The minimum Gasteiger partial charge on any atom is -0.354 e. The third-order valence-corrected chi connectivity index (χ3v) is 4.85. The summed E-state index contributed by atoms with van der Waals surface area (Å²) in [7, 11) is 1.55. The number of carbonyl (C=O) groups is 1. The van der Waals surface area contributed by atoms with Crippen LogP contribution in [0.4, 0.5) is 5.95 Å². The van der Waals surface area contributed by atoms with Gasteiger partial charge in [0.1, 0.15) is 0 Å². The van der Waals surface area contributed by atoms with Gasteiger partial charge in [-0.3, -0.25) is 14.5 Å². The fourth-order valence-electron chi connectivity index (χ4n) is 3.35. The maximum Gasteiger partial charge on any atom is 0.275 e. The van der Waals surface area contributed by atoms with E-state index in [0.29, 0.717) is 23.4 Å². The number of fused-ring (bicyclic) bond motifs is 1. The Kier molecular flexibility index (Phi) is 4.98. The van der Waals surface area contributed by atoms with Crippen LogP contribution in [0.15, 0.2) is 47.5 Å². The molecule has 1 N–H and O–H groups in total. The first kappa shape index (κ1) is 18.1. The fourth-order valence-corrected chi connectivity index (χ4v) is 3.35. The number of piperazine rings is 1. The van der Waals surface area contributed by atoms with Crippen molar-refractivity contribution < 1.29 is 4.79 Å². The van der Waals surface area contributed by atoms with Crippen molar-refractivity contribution in [2.24, 2.45) is 0 Å². The molecule has 3 aromatic rings. The predicted octanol–water partition coefficient (Wildman–Crippen LogP) is 0.326. The largest absolute Gasteiger partial charge is 0.354 e. The molecule has 0 atom stereocenters. The summed E-state index contributed by atoms with van der Waals surface area (Å²) in [4.78, 5) is 37.9. The van der Waals surface area contributed by atoms with Gasteiger partial charge < -0.3 is 10.2 Å². The molecule has 3 heterocycles. The summed E-state index contributed by atoms with van der Waals surface area (Å²) >= 11 is 0. The maximum atomic E-state index is 12.9. The topological polar surface area (TPSA) is 96.2 Å². The molecule has 0 unspecified atom stereocenters. The van der Waals surface area contributed by atoms with Crippen LogP contribution >= 0.6 is 0 Å². The highest BCUT2D eigenvalue weighted by molar-refractivity contribution is 6.04. The summed E-state index contributed by atoms with van der Waals surface area (Å²) in [5.41, 5.74) is 0.0612. The van der Waals surface area contributed by atoms with Crippen LogP contribution in [0.1, 0.15) is 10.5 Å². The first-order valence-corrected chi connectivity index (χ1v) is 9.13. The molecule has 28 heavy (non-hydrogen) atoms. The zero-order chi connectivity index (χ0) is 19.5. The van der Waals surface area contributed by atoms with Gasteiger partial charge >= 0.3 is 0 Å². The molecule has 9 nitrogen and oxygen atoms in total. The molecular formula is C19H21N7O2. The standard InChI is InChI=1S/C19H21N7O2/c1-20-17(27)16-14-5-2-3-6-15(14)18(28)26(23-16)13-24-9-11-25(12-10-24)19-21-7-4-8-22-19/h2-8H,9-13H2,1H3,(H,20,27). The quantitative estimate of drug-likeness (QED) is 0.698. The van der Waals surface area contributed by atoms with Crippen LogP contribution in [0.3, 0.4) is 0 Å². The number of rotatable bonds is 4. The number of nitrogens with one attached hydrogen (secondary N) is 1. The van der Waals surface area contributed by atoms with E-state index in [1.165, 1.54) is 4.68 Å². The molecule has 0 bridgehead atoms. The van der Waals surface area contributed by atoms with E-state index in [0.717, 1.165) is 26.2 Å². The summed E-state index contributed by atoms with van der Waals surface area (Å²) in [6.45, 7) is 3.34. The van der Waals surface area contributed by atoms with E-state index in [2.05, 4.69) is 30.2 Å². The molecule has 1 aromatic carbocycles. The Morgan fingerprint density at radius 3 is 2.39 bits per heavy atom. The first-order valence-electron chi connectivity index (χ1n) is 9.13. The van der Waals surface area contributed by atoms with Crippen molar-refractivity contribution in [3.05, 3.63) is 58.8 Å². The number of nitrogens with zero attached hydrogens (tertiary/aromatic N) is 6. The van der Waals surface area contributed by atoms with E-state index in [1.807, 2.05) is 0 Å². The van der Waals surface area contributed by atoms with Crippen LogP contribution in [-0.4, -0.2) is 63.8 Å². The highest BCUT2D eigenvalue weighted by Gasteiger charge is 2.21. The van der Waals surface area contributed by atoms with E-state index in [9.17, 15) is 9.59 Å². The molecule has 0 aliphatic carbocycles. The highest BCUT2D eigenvalue weighted by Crippen LogP contribution is 2.14. The van der Waals surface area contributed by atoms with Crippen LogP contribution in [-0.2, 0) is 6.67 Å². The van der Waals surface area contributed by atoms with Crippen LogP contribution in [0, 0.1) is 0 Å². The normalized spacial score (nSPS) is 15.0. The average molecular weight is 379 g/mol. The zero-order valence-electron chi connectivity index (χ0n) is 15.6. The Hall–Kier alpha value is -3.33. The van der Waals surface area contributed by atoms with Crippen molar-refractivity contribution >= 4 is 22.6 Å². The van der Waals surface area contributed by atoms with Crippen molar-refractivity contribution in [2.75, 3.05) is 38.1 Å². The third kappa shape index (κ3) is 3.44. The lowest BCUT2D eigenvalue weighted by molar-refractivity contribution is 0.0955. The summed E-state index contributed by atoms with van der Waals surface area (Å²) < 4.78 is 1.38.